The van der Waals surface area contributed by atoms with Gasteiger partial charge in [-0.25, -0.2) is 14.4 Å². The van der Waals surface area contributed by atoms with Crippen LogP contribution in [0, 0.1) is 5.82 Å². The normalized spacial score (nSPS) is 11.9. The molecule has 6 nitrogen and oxygen atoms in total. The molecule has 1 atom stereocenters. The summed E-state index contributed by atoms with van der Waals surface area (Å²) in [7, 11) is 1.89. The van der Waals surface area contributed by atoms with Crippen molar-refractivity contribution in [1.82, 2.24) is 15.0 Å². The molecule has 0 spiro atoms. The Kier molecular flexibility index (Phi) is 6.60. The summed E-state index contributed by atoms with van der Waals surface area (Å²) in [6, 6.07) is 20.3. The van der Waals surface area contributed by atoms with Crippen LogP contribution in [0.2, 0.25) is 0 Å². The fourth-order valence-corrected chi connectivity index (χ4v) is 3.89. The van der Waals surface area contributed by atoms with Gasteiger partial charge in [-0.1, -0.05) is 49.4 Å². The Morgan fingerprint density at radius 2 is 1.73 bits per heavy atom. The van der Waals surface area contributed by atoms with Crippen LogP contribution in [-0.4, -0.2) is 22.0 Å². The first-order valence-corrected chi connectivity index (χ1v) is 10.8. The Morgan fingerprint density at radius 1 is 0.970 bits per heavy atom. The Balaban J connectivity index is 1.66. The number of nitrogens with two attached hydrogens (primary N) is 2. The lowest BCUT2D eigenvalue weighted by Gasteiger charge is -2.23. The summed E-state index contributed by atoms with van der Waals surface area (Å²) < 4.78 is 13.7. The third-order valence-electron chi connectivity index (χ3n) is 5.63. The number of benzene rings is 2. The number of pyridine rings is 1. The first-order chi connectivity index (χ1) is 15.9. The predicted molar refractivity (Wildman–Crippen MR) is 131 cm³/mol. The molecule has 0 bridgehead atoms. The quantitative estimate of drug-likeness (QED) is 0.426. The van der Waals surface area contributed by atoms with E-state index in [1.54, 1.807) is 12.3 Å². The monoisotopic (exact) mass is 442 g/mol. The van der Waals surface area contributed by atoms with Gasteiger partial charge in [-0.05, 0) is 47.7 Å². The molecule has 0 aliphatic carbocycles. The van der Waals surface area contributed by atoms with E-state index in [9.17, 15) is 4.39 Å². The van der Waals surface area contributed by atoms with Crippen molar-refractivity contribution >= 4 is 17.6 Å². The zero-order valence-electron chi connectivity index (χ0n) is 18.7. The smallest absolute Gasteiger partial charge is 0.221 e. The molecular weight excluding hydrogens is 415 g/mol. The van der Waals surface area contributed by atoms with Crippen LogP contribution in [0.5, 0.6) is 0 Å². The van der Waals surface area contributed by atoms with E-state index >= 15 is 0 Å². The molecule has 0 saturated heterocycles. The average Bonchev–Trinajstić information content (AvgIpc) is 2.83. The van der Waals surface area contributed by atoms with Crippen LogP contribution in [0.3, 0.4) is 0 Å². The fraction of sp³-hybridized carbons (Fsp3) is 0.192. The van der Waals surface area contributed by atoms with Gasteiger partial charge in [-0.15, -0.1) is 0 Å². The lowest BCUT2D eigenvalue weighted by atomic mass is 9.94. The summed E-state index contributed by atoms with van der Waals surface area (Å²) in [6.07, 6.45) is 2.58. The van der Waals surface area contributed by atoms with Crippen LogP contribution >= 0.6 is 0 Å². The molecule has 0 saturated carbocycles. The van der Waals surface area contributed by atoms with Gasteiger partial charge in [0.1, 0.15) is 17.5 Å². The maximum Gasteiger partial charge on any atom is 0.221 e. The second-order valence-corrected chi connectivity index (χ2v) is 8.09. The molecule has 0 radical (unpaired) electrons. The average molecular weight is 443 g/mol. The minimum atomic E-state index is -0.300. The van der Waals surface area contributed by atoms with Crippen molar-refractivity contribution in [1.29, 1.82) is 0 Å². The van der Waals surface area contributed by atoms with Crippen molar-refractivity contribution < 1.29 is 4.39 Å². The summed E-state index contributed by atoms with van der Waals surface area (Å²) >= 11 is 0. The number of hydrogen-bond donors (Lipinski definition) is 2. The number of anilines is 3. The lowest BCUT2D eigenvalue weighted by molar-refractivity contribution is 0.628. The van der Waals surface area contributed by atoms with E-state index in [1.807, 2.05) is 48.3 Å². The summed E-state index contributed by atoms with van der Waals surface area (Å²) in [5.41, 5.74) is 16.4. The standard InChI is InChI=1S/C26H27FN6/c1-17(12-18-6-3-7-19(13-18)15-28)22-16-30-26(29)32-25(22)33(2)24-11-5-10-23(31-24)20-8-4-9-21(27)14-20/h3-11,13-14,16-17H,12,15,28H2,1-2H3,(H2,29,30,32). The maximum atomic E-state index is 13.7. The van der Waals surface area contributed by atoms with Crippen molar-refractivity contribution in [3.8, 4) is 11.3 Å². The van der Waals surface area contributed by atoms with Gasteiger partial charge in [-0.2, -0.15) is 4.98 Å². The molecule has 2 heterocycles. The Bertz CT molecular complexity index is 1260. The van der Waals surface area contributed by atoms with Gasteiger partial charge in [0.15, 0.2) is 0 Å². The maximum absolute atomic E-state index is 13.7. The number of nitrogens with zero attached hydrogens (tertiary/aromatic N) is 4. The molecule has 33 heavy (non-hydrogen) atoms. The molecule has 1 unspecified atom stereocenters. The lowest BCUT2D eigenvalue weighted by Crippen LogP contribution is -2.18. The van der Waals surface area contributed by atoms with E-state index < -0.39 is 0 Å². The molecule has 4 N–H and O–H groups in total. The SMILES string of the molecule is CC(Cc1cccc(CN)c1)c1cnc(N)nc1N(C)c1cccc(-c2cccc(F)c2)n1. The van der Waals surface area contributed by atoms with Crippen molar-refractivity contribution in [2.24, 2.45) is 5.73 Å². The van der Waals surface area contributed by atoms with Gasteiger partial charge in [0.25, 0.3) is 0 Å². The summed E-state index contributed by atoms with van der Waals surface area (Å²) in [5.74, 6) is 1.38. The van der Waals surface area contributed by atoms with E-state index in [-0.39, 0.29) is 17.7 Å². The third kappa shape index (κ3) is 5.15. The molecule has 168 valence electrons. The molecule has 4 rings (SSSR count). The number of aromatic nitrogens is 3. The van der Waals surface area contributed by atoms with Crippen LogP contribution < -0.4 is 16.4 Å². The largest absolute Gasteiger partial charge is 0.368 e. The molecule has 2 aromatic carbocycles. The molecular formula is C26H27FN6. The summed E-state index contributed by atoms with van der Waals surface area (Å²) in [5, 5.41) is 0. The molecule has 7 heteroatoms. The number of rotatable bonds is 7. The Morgan fingerprint density at radius 3 is 2.52 bits per heavy atom. The Hall–Kier alpha value is -3.84. The third-order valence-corrected chi connectivity index (χ3v) is 5.63. The zero-order valence-corrected chi connectivity index (χ0v) is 18.7. The number of halogens is 1. The highest BCUT2D eigenvalue weighted by Crippen LogP contribution is 2.32. The van der Waals surface area contributed by atoms with Gasteiger partial charge in [0.2, 0.25) is 5.95 Å². The van der Waals surface area contributed by atoms with Gasteiger partial charge < -0.3 is 16.4 Å². The molecule has 0 aliphatic heterocycles. The van der Waals surface area contributed by atoms with Crippen molar-refractivity contribution in [2.45, 2.75) is 25.8 Å². The van der Waals surface area contributed by atoms with Crippen LogP contribution in [0.4, 0.5) is 22.0 Å². The van der Waals surface area contributed by atoms with Crippen molar-refractivity contribution in [3.63, 3.8) is 0 Å². The summed E-state index contributed by atoms with van der Waals surface area (Å²) in [6.45, 7) is 2.65. The summed E-state index contributed by atoms with van der Waals surface area (Å²) in [4.78, 5) is 15.4. The highest BCUT2D eigenvalue weighted by atomic mass is 19.1. The van der Waals surface area contributed by atoms with Gasteiger partial charge in [0, 0.05) is 30.9 Å². The molecule has 0 fully saturated rings. The number of hydrogen-bond acceptors (Lipinski definition) is 6. The van der Waals surface area contributed by atoms with Crippen LogP contribution in [-0.2, 0) is 13.0 Å². The van der Waals surface area contributed by atoms with Gasteiger partial charge >= 0.3 is 0 Å². The molecule has 0 aliphatic rings. The second-order valence-electron chi connectivity index (χ2n) is 8.09. The van der Waals surface area contributed by atoms with E-state index in [0.29, 0.717) is 29.4 Å². The van der Waals surface area contributed by atoms with E-state index in [1.165, 1.54) is 17.7 Å². The zero-order chi connectivity index (χ0) is 23.4. The van der Waals surface area contributed by atoms with E-state index in [4.69, 9.17) is 16.5 Å². The second kappa shape index (κ2) is 9.75. The van der Waals surface area contributed by atoms with Crippen molar-refractivity contribution in [2.75, 3.05) is 17.7 Å². The van der Waals surface area contributed by atoms with E-state index in [0.717, 1.165) is 17.5 Å². The van der Waals surface area contributed by atoms with Crippen molar-refractivity contribution in [3.05, 3.63) is 95.4 Å². The van der Waals surface area contributed by atoms with Crippen LogP contribution in [0.15, 0.2) is 72.9 Å². The highest BCUT2D eigenvalue weighted by molar-refractivity contribution is 5.66. The first kappa shape index (κ1) is 22.4. The van der Waals surface area contributed by atoms with Gasteiger partial charge in [-0.3, -0.25) is 0 Å². The molecule has 4 aromatic rings. The molecule has 0 amide bonds. The number of nitrogen functional groups attached to an aromatic ring is 1. The minimum absolute atomic E-state index is 0.127. The highest BCUT2D eigenvalue weighted by Gasteiger charge is 2.19. The van der Waals surface area contributed by atoms with Gasteiger partial charge in [0.05, 0.1) is 5.69 Å². The minimum Gasteiger partial charge on any atom is -0.368 e. The van der Waals surface area contributed by atoms with E-state index in [2.05, 4.69) is 29.0 Å². The topological polar surface area (TPSA) is 93.9 Å². The molecule has 2 aromatic heterocycles. The fourth-order valence-electron chi connectivity index (χ4n) is 3.89. The Labute approximate surface area is 193 Å². The first-order valence-electron chi connectivity index (χ1n) is 10.8. The van der Waals surface area contributed by atoms with Crippen LogP contribution in [0.1, 0.15) is 29.5 Å². The van der Waals surface area contributed by atoms with Crippen LogP contribution in [0.25, 0.3) is 11.3 Å². The predicted octanol–water partition coefficient (Wildman–Crippen LogP) is 4.83.